The summed E-state index contributed by atoms with van der Waals surface area (Å²) in [5.74, 6) is -1.11. The molecule has 1 aromatic rings. The Morgan fingerprint density at radius 1 is 1.12 bits per heavy atom. The van der Waals surface area contributed by atoms with Crippen LogP contribution in [-0.4, -0.2) is 59.3 Å². The summed E-state index contributed by atoms with van der Waals surface area (Å²) in [7, 11) is 0. The summed E-state index contributed by atoms with van der Waals surface area (Å²) in [6, 6.07) is 5.96. The number of aliphatic hydroxyl groups excluding tert-OH is 1. The minimum absolute atomic E-state index is 0.108. The Morgan fingerprint density at radius 3 is 2.50 bits per heavy atom. The summed E-state index contributed by atoms with van der Waals surface area (Å²) in [5, 5.41) is 25.3. The van der Waals surface area contributed by atoms with Crippen LogP contribution < -0.4 is 21.1 Å². The number of carbonyl (C=O) groups excluding carboxylic acids is 2. The van der Waals surface area contributed by atoms with Gasteiger partial charge in [0.2, 0.25) is 11.8 Å². The monoisotopic (exact) mass is 479 g/mol. The molecule has 0 bridgehead atoms. The lowest BCUT2D eigenvalue weighted by molar-refractivity contribution is -0.137. The van der Waals surface area contributed by atoms with E-state index in [0.717, 1.165) is 18.4 Å². The second kappa shape index (κ2) is 16.1. The van der Waals surface area contributed by atoms with Crippen molar-refractivity contribution in [2.75, 3.05) is 13.2 Å². The molecule has 2 amide bonds. The number of carbonyl (C=O) groups is 3. The van der Waals surface area contributed by atoms with Gasteiger partial charge in [0.25, 0.3) is 0 Å². The Balaban J connectivity index is 2.78. The molecule has 0 heterocycles. The fourth-order valence-electron chi connectivity index (χ4n) is 3.38. The molecule has 6 N–H and O–H groups in total. The second-order valence-electron chi connectivity index (χ2n) is 8.80. The van der Waals surface area contributed by atoms with Crippen LogP contribution in [0.15, 0.2) is 24.3 Å². The number of amides is 2. The molecular formula is C25H41N3O6. The topological polar surface area (TPSA) is 151 Å². The Morgan fingerprint density at radius 2 is 1.85 bits per heavy atom. The largest absolute Gasteiger partial charge is 0.494 e. The van der Waals surface area contributed by atoms with Crippen molar-refractivity contribution in [3.63, 3.8) is 0 Å². The lowest BCUT2D eigenvalue weighted by atomic mass is 9.93. The smallest absolute Gasteiger partial charge is 0.303 e. The van der Waals surface area contributed by atoms with Crippen LogP contribution in [0, 0.1) is 5.92 Å². The summed E-state index contributed by atoms with van der Waals surface area (Å²) < 4.78 is 5.72. The maximum Gasteiger partial charge on any atom is 0.303 e. The number of benzene rings is 1. The van der Waals surface area contributed by atoms with Crippen molar-refractivity contribution in [2.24, 2.45) is 11.7 Å². The zero-order valence-electron chi connectivity index (χ0n) is 20.6. The highest BCUT2D eigenvalue weighted by Crippen LogP contribution is 2.18. The molecule has 192 valence electrons. The number of rotatable bonds is 17. The second-order valence-corrected chi connectivity index (χ2v) is 8.80. The molecule has 1 aromatic carbocycles. The molecule has 9 nitrogen and oxygen atoms in total. The van der Waals surface area contributed by atoms with Gasteiger partial charge >= 0.3 is 5.97 Å². The number of nitrogens with one attached hydrogen (secondary N) is 2. The first kappa shape index (κ1) is 29.4. The van der Waals surface area contributed by atoms with Gasteiger partial charge in [0.1, 0.15) is 5.75 Å². The van der Waals surface area contributed by atoms with Gasteiger partial charge < -0.3 is 31.3 Å². The highest BCUT2D eigenvalue weighted by molar-refractivity contribution is 5.81. The van der Waals surface area contributed by atoms with Crippen molar-refractivity contribution < 1.29 is 29.3 Å². The number of ether oxygens (including phenoxy) is 1. The average Bonchev–Trinajstić information content (AvgIpc) is 2.78. The summed E-state index contributed by atoms with van der Waals surface area (Å²) in [4.78, 5) is 35.2. The van der Waals surface area contributed by atoms with Gasteiger partial charge in [-0.25, -0.2) is 0 Å². The standard InChI is InChI=1S/C25H41N3O6/c1-4-5-12-27-24(32)17(2)14-22(29)21(28-25(33)18(3)26)16-19-9-8-10-20(15-19)34-13-7-6-11-23(30)31/h8-10,15,17-18,21-22,29H,4-7,11-14,16,26H2,1-3H3,(H,27,32)(H,28,33)(H,30,31)/t17-,18+,21+,22+/m1/s1. The van der Waals surface area contributed by atoms with Crippen molar-refractivity contribution in [1.29, 1.82) is 0 Å². The SMILES string of the molecule is CCCCNC(=O)[C@H](C)C[C@H](O)[C@H](Cc1cccc(OCCCCC(=O)O)c1)NC(=O)[C@H](C)N. The van der Waals surface area contributed by atoms with E-state index in [4.69, 9.17) is 15.6 Å². The fourth-order valence-corrected chi connectivity index (χ4v) is 3.38. The molecular weight excluding hydrogens is 438 g/mol. The van der Waals surface area contributed by atoms with Crippen LogP contribution in [0.5, 0.6) is 5.75 Å². The molecule has 0 spiro atoms. The van der Waals surface area contributed by atoms with Crippen LogP contribution in [0.25, 0.3) is 0 Å². The molecule has 0 aliphatic rings. The third-order valence-electron chi connectivity index (χ3n) is 5.49. The van der Waals surface area contributed by atoms with Crippen LogP contribution in [-0.2, 0) is 20.8 Å². The van der Waals surface area contributed by atoms with Gasteiger partial charge in [-0.3, -0.25) is 14.4 Å². The van der Waals surface area contributed by atoms with Crippen LogP contribution in [0.4, 0.5) is 0 Å². The first-order chi connectivity index (χ1) is 16.1. The van der Waals surface area contributed by atoms with Crippen molar-refractivity contribution in [3.05, 3.63) is 29.8 Å². The Labute approximate surface area is 202 Å². The third-order valence-corrected chi connectivity index (χ3v) is 5.49. The van der Waals surface area contributed by atoms with Crippen LogP contribution in [0.2, 0.25) is 0 Å². The lowest BCUT2D eigenvalue weighted by Crippen LogP contribution is -2.50. The van der Waals surface area contributed by atoms with Gasteiger partial charge in [-0.15, -0.1) is 0 Å². The third kappa shape index (κ3) is 12.0. The fraction of sp³-hybridized carbons (Fsp3) is 0.640. The maximum absolute atomic E-state index is 12.3. The Bertz CT molecular complexity index is 771. The molecule has 0 fully saturated rings. The number of hydrogen-bond acceptors (Lipinski definition) is 6. The van der Waals surface area contributed by atoms with Crippen LogP contribution in [0.3, 0.4) is 0 Å². The van der Waals surface area contributed by atoms with Crippen molar-refractivity contribution in [3.8, 4) is 5.75 Å². The van der Waals surface area contributed by atoms with E-state index in [1.165, 1.54) is 0 Å². The minimum atomic E-state index is -0.949. The van der Waals surface area contributed by atoms with E-state index < -0.39 is 30.1 Å². The number of carboxylic acids is 1. The quantitative estimate of drug-likeness (QED) is 0.214. The summed E-state index contributed by atoms with van der Waals surface area (Å²) in [6.45, 7) is 6.37. The predicted molar refractivity (Wildman–Crippen MR) is 130 cm³/mol. The number of hydrogen-bond donors (Lipinski definition) is 5. The van der Waals surface area contributed by atoms with Gasteiger partial charge in [-0.05, 0) is 56.7 Å². The van der Waals surface area contributed by atoms with Crippen LogP contribution >= 0.6 is 0 Å². The number of nitrogens with two attached hydrogens (primary N) is 1. The first-order valence-electron chi connectivity index (χ1n) is 12.1. The number of carboxylic acid groups (broad SMARTS) is 1. The molecule has 0 aliphatic carbocycles. The normalized spacial score (nSPS) is 14.5. The van der Waals surface area contributed by atoms with E-state index >= 15 is 0 Å². The zero-order valence-corrected chi connectivity index (χ0v) is 20.6. The summed E-state index contributed by atoms with van der Waals surface area (Å²) in [6.07, 6.45) is 2.73. The van der Waals surface area contributed by atoms with Gasteiger partial charge in [0.15, 0.2) is 0 Å². The van der Waals surface area contributed by atoms with Gasteiger partial charge in [0.05, 0.1) is 24.8 Å². The molecule has 0 aromatic heterocycles. The molecule has 0 aliphatic heterocycles. The molecule has 1 rings (SSSR count). The molecule has 4 atom stereocenters. The van der Waals surface area contributed by atoms with E-state index in [-0.39, 0.29) is 24.7 Å². The molecule has 0 saturated heterocycles. The van der Waals surface area contributed by atoms with Crippen molar-refractivity contribution in [2.45, 2.75) is 83.9 Å². The lowest BCUT2D eigenvalue weighted by Gasteiger charge is -2.27. The van der Waals surface area contributed by atoms with E-state index in [9.17, 15) is 19.5 Å². The van der Waals surface area contributed by atoms with Gasteiger partial charge in [0, 0.05) is 18.9 Å². The van der Waals surface area contributed by atoms with E-state index in [2.05, 4.69) is 10.6 Å². The highest BCUT2D eigenvalue weighted by atomic mass is 16.5. The van der Waals surface area contributed by atoms with Crippen molar-refractivity contribution in [1.82, 2.24) is 10.6 Å². The number of unbranched alkanes of at least 4 members (excludes halogenated alkanes) is 2. The first-order valence-corrected chi connectivity index (χ1v) is 12.1. The minimum Gasteiger partial charge on any atom is -0.494 e. The molecule has 0 unspecified atom stereocenters. The molecule has 9 heteroatoms. The number of aliphatic hydroxyl groups is 1. The zero-order chi connectivity index (χ0) is 25.5. The van der Waals surface area contributed by atoms with Gasteiger partial charge in [-0.1, -0.05) is 32.4 Å². The molecule has 34 heavy (non-hydrogen) atoms. The molecule has 0 radical (unpaired) electrons. The average molecular weight is 480 g/mol. The number of aliphatic carboxylic acids is 1. The van der Waals surface area contributed by atoms with Crippen LogP contribution in [0.1, 0.15) is 64.9 Å². The maximum atomic E-state index is 12.3. The summed E-state index contributed by atoms with van der Waals surface area (Å²) >= 11 is 0. The summed E-state index contributed by atoms with van der Waals surface area (Å²) in [5.41, 5.74) is 6.55. The van der Waals surface area contributed by atoms with Crippen molar-refractivity contribution >= 4 is 17.8 Å². The Kier molecular flexibility index (Phi) is 13.9. The predicted octanol–water partition coefficient (Wildman–Crippen LogP) is 2.00. The van der Waals surface area contributed by atoms with E-state index in [0.29, 0.717) is 38.2 Å². The Hall–Kier alpha value is -2.65. The van der Waals surface area contributed by atoms with Gasteiger partial charge in [-0.2, -0.15) is 0 Å². The van der Waals surface area contributed by atoms with E-state index in [1.807, 2.05) is 25.1 Å². The van der Waals surface area contributed by atoms with E-state index in [1.54, 1.807) is 19.9 Å². The highest BCUT2D eigenvalue weighted by Gasteiger charge is 2.27. The molecule has 0 saturated carbocycles.